The number of sulfone groups is 1. The molecule has 1 aliphatic rings. The standard InChI is InChI=1S/C14H11BrFN5O5S/c15-9-5-8(1-2-10(9)16)21-13(20-25-14(21)22)11-12(19-26-18-11)17-7-3-4-27(23,24)6-7/h1-2,5,7H,3-4,6H2,(H,17,19). The second-order valence-electron chi connectivity index (χ2n) is 5.91. The molecule has 0 radical (unpaired) electrons. The third kappa shape index (κ3) is 3.39. The molecule has 1 unspecified atom stereocenters. The minimum absolute atomic E-state index is 0.0249. The predicted molar refractivity (Wildman–Crippen MR) is 93.7 cm³/mol. The van der Waals surface area contributed by atoms with Crippen molar-refractivity contribution in [3.63, 3.8) is 0 Å². The molecule has 1 aliphatic heterocycles. The Labute approximate surface area is 159 Å². The Kier molecular flexibility index (Phi) is 4.34. The van der Waals surface area contributed by atoms with Crippen LogP contribution in [0.4, 0.5) is 10.2 Å². The second-order valence-corrected chi connectivity index (χ2v) is 8.99. The Morgan fingerprint density at radius 3 is 2.81 bits per heavy atom. The third-order valence-corrected chi connectivity index (χ3v) is 6.42. The number of nitrogens with one attached hydrogen (secondary N) is 1. The lowest BCUT2D eigenvalue weighted by atomic mass is 10.2. The highest BCUT2D eigenvalue weighted by molar-refractivity contribution is 9.10. The summed E-state index contributed by atoms with van der Waals surface area (Å²) >= 11 is 3.06. The van der Waals surface area contributed by atoms with Crippen LogP contribution in [0, 0.1) is 5.82 Å². The van der Waals surface area contributed by atoms with Crippen molar-refractivity contribution in [2.75, 3.05) is 16.8 Å². The van der Waals surface area contributed by atoms with E-state index in [1.165, 1.54) is 18.2 Å². The Morgan fingerprint density at radius 2 is 2.11 bits per heavy atom. The van der Waals surface area contributed by atoms with Gasteiger partial charge in [0.15, 0.2) is 15.5 Å². The molecule has 1 fully saturated rings. The number of benzene rings is 1. The van der Waals surface area contributed by atoms with Gasteiger partial charge in [-0.1, -0.05) is 5.16 Å². The quantitative estimate of drug-likeness (QED) is 0.613. The highest BCUT2D eigenvalue weighted by atomic mass is 79.9. The van der Waals surface area contributed by atoms with E-state index in [9.17, 15) is 17.6 Å². The summed E-state index contributed by atoms with van der Waals surface area (Å²) in [5.41, 5.74) is 0.340. The topological polar surface area (TPSA) is 133 Å². The summed E-state index contributed by atoms with van der Waals surface area (Å²) in [6, 6.07) is 3.55. The van der Waals surface area contributed by atoms with Crippen LogP contribution < -0.4 is 11.1 Å². The first-order chi connectivity index (χ1) is 12.8. The molecule has 0 amide bonds. The van der Waals surface area contributed by atoms with Crippen LogP contribution in [0.2, 0.25) is 0 Å². The summed E-state index contributed by atoms with van der Waals surface area (Å²) in [6.07, 6.45) is 0.408. The molecule has 3 heterocycles. The van der Waals surface area contributed by atoms with Gasteiger partial charge in [-0.2, -0.15) is 0 Å². The van der Waals surface area contributed by atoms with Gasteiger partial charge in [0.1, 0.15) is 5.82 Å². The van der Waals surface area contributed by atoms with Gasteiger partial charge in [0.25, 0.3) is 0 Å². The molecule has 0 saturated carbocycles. The van der Waals surface area contributed by atoms with E-state index >= 15 is 0 Å². The van der Waals surface area contributed by atoms with Crippen molar-refractivity contribution in [3.05, 3.63) is 39.0 Å². The van der Waals surface area contributed by atoms with E-state index in [1.807, 2.05) is 0 Å². The number of anilines is 1. The maximum Gasteiger partial charge on any atom is 0.446 e. The molecule has 1 aromatic carbocycles. The van der Waals surface area contributed by atoms with Gasteiger partial charge < -0.3 is 5.32 Å². The fourth-order valence-corrected chi connectivity index (χ4v) is 4.82. The zero-order valence-corrected chi connectivity index (χ0v) is 15.8. The van der Waals surface area contributed by atoms with Crippen LogP contribution in [-0.4, -0.2) is 46.0 Å². The zero-order valence-electron chi connectivity index (χ0n) is 13.4. The molecule has 27 heavy (non-hydrogen) atoms. The summed E-state index contributed by atoms with van der Waals surface area (Å²) in [4.78, 5) is 12.1. The van der Waals surface area contributed by atoms with E-state index < -0.39 is 21.4 Å². The molecule has 2 aromatic heterocycles. The van der Waals surface area contributed by atoms with Crippen molar-refractivity contribution in [3.8, 4) is 17.2 Å². The van der Waals surface area contributed by atoms with Crippen LogP contribution in [0.5, 0.6) is 0 Å². The van der Waals surface area contributed by atoms with Gasteiger partial charge in [-0.05, 0) is 50.9 Å². The van der Waals surface area contributed by atoms with E-state index in [1.54, 1.807) is 0 Å². The Bertz CT molecular complexity index is 1170. The van der Waals surface area contributed by atoms with Gasteiger partial charge in [0.2, 0.25) is 11.6 Å². The molecular weight excluding hydrogens is 449 g/mol. The summed E-state index contributed by atoms with van der Waals surface area (Å²) in [6.45, 7) is 0. The Balaban J connectivity index is 1.73. The van der Waals surface area contributed by atoms with Crippen molar-refractivity contribution in [2.45, 2.75) is 12.5 Å². The van der Waals surface area contributed by atoms with E-state index in [0.29, 0.717) is 6.42 Å². The Morgan fingerprint density at radius 1 is 1.30 bits per heavy atom. The first kappa shape index (κ1) is 17.9. The van der Waals surface area contributed by atoms with Crippen molar-refractivity contribution in [2.24, 2.45) is 0 Å². The van der Waals surface area contributed by atoms with Gasteiger partial charge >= 0.3 is 5.76 Å². The minimum atomic E-state index is -3.10. The summed E-state index contributed by atoms with van der Waals surface area (Å²) in [5.74, 6) is -1.19. The number of hydrogen-bond donors (Lipinski definition) is 1. The lowest BCUT2D eigenvalue weighted by Crippen LogP contribution is -2.21. The average Bonchev–Trinajstić information content (AvgIpc) is 3.29. The highest BCUT2D eigenvalue weighted by Crippen LogP contribution is 2.27. The molecule has 13 heteroatoms. The normalized spacial score (nSPS) is 18.7. The smallest absolute Gasteiger partial charge is 0.361 e. The number of nitrogens with zero attached hydrogens (tertiary/aromatic N) is 4. The van der Waals surface area contributed by atoms with Crippen LogP contribution in [0.15, 0.2) is 36.6 Å². The zero-order chi connectivity index (χ0) is 19.2. The SMILES string of the molecule is O=c1onc(-c2nonc2NC2CCS(=O)(=O)C2)n1-c1ccc(F)c(Br)c1. The summed E-state index contributed by atoms with van der Waals surface area (Å²) < 4.78 is 47.4. The predicted octanol–water partition coefficient (Wildman–Crippen LogP) is 1.38. The maximum absolute atomic E-state index is 13.5. The van der Waals surface area contributed by atoms with Gasteiger partial charge in [0, 0.05) is 6.04 Å². The van der Waals surface area contributed by atoms with Crippen LogP contribution in [-0.2, 0) is 9.84 Å². The first-order valence-electron chi connectivity index (χ1n) is 7.68. The molecule has 4 rings (SSSR count). The van der Waals surface area contributed by atoms with E-state index in [2.05, 4.69) is 36.7 Å². The second kappa shape index (κ2) is 6.56. The number of halogens is 2. The number of rotatable bonds is 4. The molecule has 1 N–H and O–H groups in total. The first-order valence-corrected chi connectivity index (χ1v) is 10.3. The van der Waals surface area contributed by atoms with Crippen molar-refractivity contribution in [1.29, 1.82) is 0 Å². The van der Waals surface area contributed by atoms with Crippen molar-refractivity contribution < 1.29 is 22.0 Å². The van der Waals surface area contributed by atoms with Crippen LogP contribution in [0.3, 0.4) is 0 Å². The molecular formula is C14H11BrFN5O5S. The van der Waals surface area contributed by atoms with Crippen molar-refractivity contribution >= 4 is 31.6 Å². The Hall–Kier alpha value is -2.54. The maximum atomic E-state index is 13.5. The van der Waals surface area contributed by atoms with Gasteiger partial charge in [-0.25, -0.2) is 26.8 Å². The molecule has 10 nitrogen and oxygen atoms in total. The summed E-state index contributed by atoms with van der Waals surface area (Å²) in [7, 11) is -3.10. The monoisotopic (exact) mass is 459 g/mol. The van der Waals surface area contributed by atoms with Crippen LogP contribution >= 0.6 is 15.9 Å². The van der Waals surface area contributed by atoms with Crippen LogP contribution in [0.1, 0.15) is 6.42 Å². The molecule has 142 valence electrons. The molecule has 0 spiro atoms. The number of aromatic nitrogens is 4. The van der Waals surface area contributed by atoms with Gasteiger partial charge in [-0.3, -0.25) is 4.52 Å². The average molecular weight is 460 g/mol. The van der Waals surface area contributed by atoms with E-state index in [4.69, 9.17) is 9.15 Å². The van der Waals surface area contributed by atoms with Gasteiger partial charge in [-0.15, -0.1) is 0 Å². The largest absolute Gasteiger partial charge is 0.446 e. The van der Waals surface area contributed by atoms with Gasteiger partial charge in [0.05, 0.1) is 21.7 Å². The lowest BCUT2D eigenvalue weighted by Gasteiger charge is -2.09. The van der Waals surface area contributed by atoms with Crippen molar-refractivity contribution in [1.82, 2.24) is 20.0 Å². The molecule has 0 aliphatic carbocycles. The fourth-order valence-electron chi connectivity index (χ4n) is 2.78. The summed E-state index contributed by atoms with van der Waals surface area (Å²) in [5, 5.41) is 14.1. The lowest BCUT2D eigenvalue weighted by molar-refractivity contribution is 0.309. The fraction of sp³-hybridized carbons (Fsp3) is 0.286. The molecule has 1 saturated heterocycles. The molecule has 0 bridgehead atoms. The van der Waals surface area contributed by atoms with E-state index in [0.717, 1.165) is 4.57 Å². The van der Waals surface area contributed by atoms with E-state index in [-0.39, 0.29) is 45.0 Å². The minimum Gasteiger partial charge on any atom is -0.361 e. The highest BCUT2D eigenvalue weighted by Gasteiger charge is 2.31. The molecule has 1 atom stereocenters. The third-order valence-electron chi connectivity index (χ3n) is 4.04. The molecule has 3 aromatic rings. The number of hydrogen-bond acceptors (Lipinski definition) is 9. The van der Waals surface area contributed by atoms with Crippen LogP contribution in [0.25, 0.3) is 17.2 Å².